The predicted molar refractivity (Wildman–Crippen MR) is 69.0 cm³/mol. The van der Waals surface area contributed by atoms with Gasteiger partial charge in [-0.2, -0.15) is 0 Å². The van der Waals surface area contributed by atoms with Crippen molar-refractivity contribution in [3.05, 3.63) is 32.4 Å². The number of hydrogen-bond donors (Lipinski definition) is 1. The summed E-state index contributed by atoms with van der Waals surface area (Å²) in [7, 11) is 0. The first-order valence-electron chi connectivity index (χ1n) is 5.00. The molecule has 1 aliphatic heterocycles. The Balaban J connectivity index is 2.59. The fraction of sp³-hybridized carbons (Fsp3) is 0.417. The number of halogens is 1. The SMILES string of the molecule is CC(C)(C)c1cc(I)c2c(c1)CNC2=O. The summed E-state index contributed by atoms with van der Waals surface area (Å²) in [6.07, 6.45) is 0. The van der Waals surface area contributed by atoms with E-state index in [1.54, 1.807) is 0 Å². The molecule has 0 spiro atoms. The lowest BCUT2D eigenvalue weighted by Gasteiger charge is -2.20. The molecule has 1 amide bonds. The second-order valence-corrected chi connectivity index (χ2v) is 6.09. The summed E-state index contributed by atoms with van der Waals surface area (Å²) >= 11 is 2.25. The van der Waals surface area contributed by atoms with E-state index in [4.69, 9.17) is 0 Å². The average molecular weight is 315 g/mol. The summed E-state index contributed by atoms with van der Waals surface area (Å²) in [5.41, 5.74) is 3.43. The van der Waals surface area contributed by atoms with Gasteiger partial charge in [0.25, 0.3) is 5.91 Å². The minimum atomic E-state index is 0.0647. The minimum Gasteiger partial charge on any atom is -0.348 e. The summed E-state index contributed by atoms with van der Waals surface area (Å²) < 4.78 is 1.06. The number of carbonyl (C=O) groups is 1. The average Bonchev–Trinajstić information content (AvgIpc) is 2.46. The van der Waals surface area contributed by atoms with E-state index in [1.807, 2.05) is 0 Å². The van der Waals surface area contributed by atoms with Gasteiger partial charge in [-0.05, 0) is 45.2 Å². The van der Waals surface area contributed by atoms with Crippen molar-refractivity contribution < 1.29 is 4.79 Å². The number of hydrogen-bond acceptors (Lipinski definition) is 1. The van der Waals surface area contributed by atoms with Crippen LogP contribution in [0.4, 0.5) is 0 Å². The molecule has 0 saturated heterocycles. The zero-order valence-corrected chi connectivity index (χ0v) is 11.3. The monoisotopic (exact) mass is 315 g/mol. The molecule has 0 aromatic heterocycles. The van der Waals surface area contributed by atoms with Gasteiger partial charge in [-0.3, -0.25) is 4.79 Å². The van der Waals surface area contributed by atoms with Gasteiger partial charge in [-0.25, -0.2) is 0 Å². The normalized spacial score (nSPS) is 15.1. The lowest BCUT2D eigenvalue weighted by molar-refractivity contribution is 0.0965. The number of nitrogens with one attached hydrogen (secondary N) is 1. The van der Waals surface area contributed by atoms with Gasteiger partial charge in [-0.1, -0.05) is 26.8 Å². The Morgan fingerprint density at radius 3 is 2.60 bits per heavy atom. The van der Waals surface area contributed by atoms with Gasteiger partial charge >= 0.3 is 0 Å². The Morgan fingerprint density at radius 2 is 2.00 bits per heavy atom. The quantitative estimate of drug-likeness (QED) is 0.733. The van der Waals surface area contributed by atoms with Crippen LogP contribution in [0.5, 0.6) is 0 Å². The first kappa shape index (κ1) is 10.9. The van der Waals surface area contributed by atoms with Crippen molar-refractivity contribution in [3.63, 3.8) is 0 Å². The topological polar surface area (TPSA) is 29.1 Å². The molecule has 1 heterocycles. The Labute approximate surface area is 104 Å². The van der Waals surface area contributed by atoms with E-state index < -0.39 is 0 Å². The maximum Gasteiger partial charge on any atom is 0.252 e. The van der Waals surface area contributed by atoms with E-state index in [9.17, 15) is 4.79 Å². The van der Waals surface area contributed by atoms with Crippen LogP contribution in [-0.4, -0.2) is 5.91 Å². The van der Waals surface area contributed by atoms with Crippen LogP contribution in [0.1, 0.15) is 42.3 Å². The number of benzene rings is 1. The van der Waals surface area contributed by atoms with Crippen LogP contribution in [0, 0.1) is 3.57 Å². The van der Waals surface area contributed by atoms with E-state index >= 15 is 0 Å². The fourth-order valence-corrected chi connectivity index (χ4v) is 2.68. The van der Waals surface area contributed by atoms with Crippen LogP contribution in [-0.2, 0) is 12.0 Å². The zero-order chi connectivity index (χ0) is 11.2. The second kappa shape index (κ2) is 3.47. The van der Waals surface area contributed by atoms with Crippen molar-refractivity contribution in [1.29, 1.82) is 0 Å². The summed E-state index contributed by atoms with van der Waals surface area (Å²) in [6.45, 7) is 7.24. The smallest absolute Gasteiger partial charge is 0.252 e. The maximum atomic E-state index is 11.5. The van der Waals surface area contributed by atoms with Crippen LogP contribution in [0.3, 0.4) is 0 Å². The summed E-state index contributed by atoms with van der Waals surface area (Å²) in [6, 6.07) is 4.26. The first-order chi connectivity index (χ1) is 6.89. The molecule has 2 rings (SSSR count). The van der Waals surface area contributed by atoms with E-state index in [-0.39, 0.29) is 11.3 Å². The largest absolute Gasteiger partial charge is 0.348 e. The van der Waals surface area contributed by atoms with E-state index in [2.05, 4.69) is 60.8 Å². The van der Waals surface area contributed by atoms with Gasteiger partial charge in [0.15, 0.2) is 0 Å². The van der Waals surface area contributed by atoms with Gasteiger partial charge < -0.3 is 5.32 Å². The highest BCUT2D eigenvalue weighted by Gasteiger charge is 2.25. The lowest BCUT2D eigenvalue weighted by atomic mass is 9.85. The van der Waals surface area contributed by atoms with Crippen molar-refractivity contribution in [2.45, 2.75) is 32.7 Å². The van der Waals surface area contributed by atoms with Crippen molar-refractivity contribution in [3.8, 4) is 0 Å². The molecule has 0 aliphatic carbocycles. The van der Waals surface area contributed by atoms with Gasteiger partial charge in [0.1, 0.15) is 0 Å². The van der Waals surface area contributed by atoms with Crippen molar-refractivity contribution in [1.82, 2.24) is 5.32 Å². The second-order valence-electron chi connectivity index (χ2n) is 4.92. The van der Waals surface area contributed by atoms with Gasteiger partial charge in [0.05, 0.1) is 5.56 Å². The molecular weight excluding hydrogens is 301 g/mol. The molecular formula is C12H14INO. The number of rotatable bonds is 0. The zero-order valence-electron chi connectivity index (χ0n) is 9.15. The van der Waals surface area contributed by atoms with Crippen LogP contribution >= 0.6 is 22.6 Å². The molecule has 0 saturated carbocycles. The highest BCUT2D eigenvalue weighted by Crippen LogP contribution is 2.30. The van der Waals surface area contributed by atoms with Gasteiger partial charge in [0, 0.05) is 10.1 Å². The molecule has 1 aliphatic rings. The van der Waals surface area contributed by atoms with Gasteiger partial charge in [0.2, 0.25) is 0 Å². The molecule has 1 aromatic rings. The number of carbonyl (C=O) groups excluding carboxylic acids is 1. The molecule has 2 nitrogen and oxygen atoms in total. The lowest BCUT2D eigenvalue weighted by Crippen LogP contribution is -2.14. The maximum absolute atomic E-state index is 11.5. The predicted octanol–water partition coefficient (Wildman–Crippen LogP) is 2.83. The third-order valence-electron chi connectivity index (χ3n) is 2.70. The highest BCUT2D eigenvalue weighted by molar-refractivity contribution is 14.1. The number of fused-ring (bicyclic) bond motifs is 1. The fourth-order valence-electron chi connectivity index (χ4n) is 1.75. The molecule has 0 fully saturated rings. The van der Waals surface area contributed by atoms with Crippen LogP contribution in [0.2, 0.25) is 0 Å². The number of amides is 1. The summed E-state index contributed by atoms with van der Waals surface area (Å²) in [4.78, 5) is 11.5. The third kappa shape index (κ3) is 1.89. The van der Waals surface area contributed by atoms with Crippen LogP contribution in [0.15, 0.2) is 12.1 Å². The molecule has 15 heavy (non-hydrogen) atoms. The first-order valence-corrected chi connectivity index (χ1v) is 6.08. The Hall–Kier alpha value is -0.580. The minimum absolute atomic E-state index is 0.0647. The van der Waals surface area contributed by atoms with Gasteiger partial charge in [-0.15, -0.1) is 0 Å². The molecule has 1 aromatic carbocycles. The molecule has 1 N–H and O–H groups in total. The van der Waals surface area contributed by atoms with Crippen LogP contribution < -0.4 is 5.32 Å². The van der Waals surface area contributed by atoms with Crippen LogP contribution in [0.25, 0.3) is 0 Å². The Bertz CT molecular complexity index is 432. The molecule has 80 valence electrons. The molecule has 0 atom stereocenters. The third-order valence-corrected chi connectivity index (χ3v) is 3.56. The van der Waals surface area contributed by atoms with Crippen molar-refractivity contribution in [2.75, 3.05) is 0 Å². The Morgan fingerprint density at radius 1 is 1.33 bits per heavy atom. The van der Waals surface area contributed by atoms with E-state index in [0.717, 1.165) is 14.7 Å². The summed E-state index contributed by atoms with van der Waals surface area (Å²) in [5.74, 6) is 0.0647. The molecule has 0 radical (unpaired) electrons. The molecule has 0 unspecified atom stereocenters. The van der Waals surface area contributed by atoms with E-state index in [0.29, 0.717) is 6.54 Å². The van der Waals surface area contributed by atoms with Crippen molar-refractivity contribution in [2.24, 2.45) is 0 Å². The molecule has 3 heteroatoms. The molecule has 0 bridgehead atoms. The Kier molecular flexibility index (Phi) is 2.53. The highest BCUT2D eigenvalue weighted by atomic mass is 127. The summed E-state index contributed by atoms with van der Waals surface area (Å²) in [5, 5.41) is 2.86. The van der Waals surface area contributed by atoms with Crippen molar-refractivity contribution >= 4 is 28.5 Å². The van der Waals surface area contributed by atoms with E-state index in [1.165, 1.54) is 5.56 Å². The standard InChI is InChI=1S/C12H14INO/c1-12(2,3)8-4-7-6-14-11(15)10(7)9(13)5-8/h4-5H,6H2,1-3H3,(H,14,15).